The molecule has 18 nitrogen and oxygen atoms in total. The van der Waals surface area contributed by atoms with Gasteiger partial charge in [0.2, 0.25) is 20.6 Å². The summed E-state index contributed by atoms with van der Waals surface area (Å²) in [7, 11) is -2.21. The average Bonchev–Trinajstić information content (AvgIpc) is 3.53. The van der Waals surface area contributed by atoms with E-state index in [-0.39, 0.29) is 58.3 Å². The molecule has 3 heterocycles. The fraction of sp³-hybridized carbons (Fsp3) is 0.519. The van der Waals surface area contributed by atoms with Crippen molar-refractivity contribution in [2.24, 2.45) is 5.14 Å². The number of carboxylic acids is 3. The first-order chi connectivity index (χ1) is 22.2. The summed E-state index contributed by atoms with van der Waals surface area (Å²) in [5, 5.41) is 38.2. The molecule has 1 fully saturated rings. The lowest BCUT2D eigenvalue weighted by molar-refractivity contribution is -0.140. The van der Waals surface area contributed by atoms with Crippen molar-refractivity contribution >= 4 is 51.3 Å². The highest BCUT2D eigenvalue weighted by Crippen LogP contribution is 2.35. The summed E-state index contributed by atoms with van der Waals surface area (Å²) >= 11 is 1.03. The van der Waals surface area contributed by atoms with Crippen molar-refractivity contribution in [2.75, 3.05) is 95.9 Å². The molecule has 0 spiro atoms. The number of benzene rings is 1. The zero-order valence-electron chi connectivity index (χ0n) is 25.8. The maximum atomic E-state index is 13.1. The fourth-order valence-electron chi connectivity index (χ4n) is 5.26. The average molecular weight is 698 g/mol. The summed E-state index contributed by atoms with van der Waals surface area (Å²) in [4.78, 5) is 58.8. The van der Waals surface area contributed by atoms with Crippen LogP contribution < -0.4 is 15.5 Å². The monoisotopic (exact) mass is 697 g/mol. The zero-order chi connectivity index (χ0) is 34.3. The number of fused-ring (bicyclic) bond motifs is 1. The number of nitrogens with two attached hydrogens (primary N) is 1. The van der Waals surface area contributed by atoms with Crippen molar-refractivity contribution < 1.29 is 42.9 Å². The summed E-state index contributed by atoms with van der Waals surface area (Å²) in [5.74, 6) is -3.40. The van der Waals surface area contributed by atoms with Gasteiger partial charge in [-0.2, -0.15) is 0 Å². The number of aromatic nitrogens is 2. The van der Waals surface area contributed by atoms with Gasteiger partial charge in [-0.1, -0.05) is 12.1 Å². The standard InChI is InChI=1S/C27H39N9O9S2/c1-31-27(47(28,44)45)46-26-30-21(14-36(26)31)19-2-4-20(5-3-19)29-22(37)15-32-6-8-33(16-23(38)39)10-12-35(18-25(42)43)13-11-34(9-7-32)17-24(40)41/h2-5,14,27H,6-13,15-18H2,1H3,(H,29,37)(H,38,39)(H,40,41)(H,42,43)(H2,28,44,45). The van der Waals surface area contributed by atoms with Gasteiger partial charge in [-0.05, 0) is 23.9 Å². The predicted octanol–water partition coefficient (Wildman–Crippen LogP) is -1.79. The maximum Gasteiger partial charge on any atom is 0.317 e. The predicted molar refractivity (Wildman–Crippen MR) is 172 cm³/mol. The molecule has 1 aromatic heterocycles. The van der Waals surface area contributed by atoms with Crippen molar-refractivity contribution in [2.45, 2.75) is 9.86 Å². The Kier molecular flexibility index (Phi) is 12.2. The molecular formula is C27H39N9O9S2. The molecule has 1 amide bonds. The minimum atomic E-state index is -3.81. The van der Waals surface area contributed by atoms with Crippen molar-refractivity contribution in [1.29, 1.82) is 0 Å². The van der Waals surface area contributed by atoms with Crippen molar-refractivity contribution in [3.05, 3.63) is 30.5 Å². The first-order valence-electron chi connectivity index (χ1n) is 14.6. The lowest BCUT2D eigenvalue weighted by atomic mass is 10.1. The van der Waals surface area contributed by atoms with E-state index in [1.165, 1.54) is 5.01 Å². The van der Waals surface area contributed by atoms with Gasteiger partial charge >= 0.3 is 17.9 Å². The molecule has 0 aliphatic carbocycles. The third-order valence-corrected chi connectivity index (χ3v) is 10.6. The van der Waals surface area contributed by atoms with Gasteiger partial charge in [0.25, 0.3) is 0 Å². The largest absolute Gasteiger partial charge is 0.480 e. The highest BCUT2D eigenvalue weighted by molar-refractivity contribution is 8.13. The van der Waals surface area contributed by atoms with Crippen LogP contribution in [0.4, 0.5) is 5.69 Å². The Morgan fingerprint density at radius 3 is 1.62 bits per heavy atom. The molecular weight excluding hydrogens is 658 g/mol. The highest BCUT2D eigenvalue weighted by Gasteiger charge is 2.37. The Bertz CT molecular complexity index is 1520. The topological polar surface area (TPSA) is 235 Å². The molecule has 1 unspecified atom stereocenters. The van der Waals surface area contributed by atoms with E-state index in [4.69, 9.17) is 5.14 Å². The number of hydrogen-bond acceptors (Lipinski definition) is 13. The number of carbonyl (C=O) groups is 4. The van der Waals surface area contributed by atoms with Crippen LogP contribution in [0.2, 0.25) is 0 Å². The van der Waals surface area contributed by atoms with Crippen LogP contribution in [0, 0.1) is 0 Å². The Morgan fingerprint density at radius 2 is 1.23 bits per heavy atom. The molecule has 2 aromatic rings. The number of rotatable bonds is 11. The van der Waals surface area contributed by atoms with E-state index in [9.17, 15) is 42.9 Å². The number of anilines is 1. The Morgan fingerprint density at radius 1 is 0.809 bits per heavy atom. The molecule has 20 heteroatoms. The van der Waals surface area contributed by atoms with Crippen LogP contribution in [0.15, 0.2) is 35.6 Å². The van der Waals surface area contributed by atoms with Crippen LogP contribution in [0.5, 0.6) is 0 Å². The lowest BCUT2D eigenvalue weighted by Gasteiger charge is -2.32. The van der Waals surface area contributed by atoms with Crippen LogP contribution in [0.1, 0.15) is 0 Å². The van der Waals surface area contributed by atoms with Gasteiger partial charge < -0.3 is 20.6 Å². The molecule has 0 saturated carbocycles. The number of nitrogens with one attached hydrogen (secondary N) is 1. The van der Waals surface area contributed by atoms with Crippen LogP contribution in [-0.2, 0) is 29.2 Å². The molecule has 47 heavy (non-hydrogen) atoms. The van der Waals surface area contributed by atoms with Gasteiger partial charge in [0, 0.05) is 70.7 Å². The number of imidazole rings is 1. The molecule has 6 N–H and O–H groups in total. The maximum absolute atomic E-state index is 13.1. The zero-order valence-corrected chi connectivity index (χ0v) is 27.4. The molecule has 0 radical (unpaired) electrons. The van der Waals surface area contributed by atoms with Crippen molar-refractivity contribution in [3.8, 4) is 11.3 Å². The molecule has 4 rings (SSSR count). The number of nitrogens with zero attached hydrogens (tertiary/aromatic N) is 7. The van der Waals surface area contributed by atoms with Gasteiger partial charge in [0.05, 0.1) is 38.1 Å². The summed E-state index contributed by atoms with van der Waals surface area (Å²) in [6.07, 6.45) is 1.70. The number of thioether (sulfide) groups is 1. The minimum Gasteiger partial charge on any atom is -0.480 e. The van der Waals surface area contributed by atoms with E-state index >= 15 is 0 Å². The minimum absolute atomic E-state index is 0.0305. The van der Waals surface area contributed by atoms with E-state index in [0.717, 1.165) is 17.3 Å². The second kappa shape index (κ2) is 15.9. The summed E-state index contributed by atoms with van der Waals surface area (Å²) < 4.78 is 24.3. The Labute approximate surface area is 275 Å². The first kappa shape index (κ1) is 36.1. The van der Waals surface area contributed by atoms with Crippen molar-refractivity contribution in [1.82, 2.24) is 29.3 Å². The van der Waals surface area contributed by atoms with Gasteiger partial charge in [0.1, 0.15) is 0 Å². The van der Waals surface area contributed by atoms with Gasteiger partial charge in [-0.15, -0.1) is 0 Å². The lowest BCUT2D eigenvalue weighted by Crippen LogP contribution is -2.49. The smallest absolute Gasteiger partial charge is 0.317 e. The van der Waals surface area contributed by atoms with E-state index in [0.29, 0.717) is 42.7 Å². The third-order valence-electron chi connectivity index (χ3n) is 7.63. The fourth-order valence-corrected chi connectivity index (χ4v) is 7.46. The quantitative estimate of drug-likeness (QED) is 0.174. The SMILES string of the molecule is CN1C(S(N)(=O)=O)Sc2nc(-c3ccc(NC(=O)CN4CCN(CC(=O)O)CCN(CC(=O)O)CCN(CC(=O)O)CC4)cc3)cn21. The second-order valence-corrected chi connectivity index (χ2v) is 14.2. The van der Waals surface area contributed by atoms with Crippen molar-refractivity contribution in [3.63, 3.8) is 0 Å². The number of hydrogen-bond donors (Lipinski definition) is 5. The van der Waals surface area contributed by atoms with E-state index in [2.05, 4.69) is 10.3 Å². The third kappa shape index (κ3) is 10.6. The molecule has 2 aliphatic heterocycles. The van der Waals surface area contributed by atoms with Crippen LogP contribution in [0.3, 0.4) is 0 Å². The van der Waals surface area contributed by atoms with Gasteiger partial charge in [-0.3, -0.25) is 43.8 Å². The number of carbonyl (C=O) groups excluding carboxylic acids is 1. The summed E-state index contributed by atoms with van der Waals surface area (Å²) in [6.45, 7) is 1.59. The Balaban J connectivity index is 1.40. The first-order valence-corrected chi connectivity index (χ1v) is 17.1. The summed E-state index contributed by atoms with van der Waals surface area (Å²) in [6, 6.07) is 6.97. The van der Waals surface area contributed by atoms with Crippen LogP contribution in [-0.4, -0.2) is 167 Å². The van der Waals surface area contributed by atoms with E-state index < -0.39 is 32.6 Å². The van der Waals surface area contributed by atoms with E-state index in [1.54, 1.807) is 56.9 Å². The van der Waals surface area contributed by atoms with Crippen LogP contribution in [0.25, 0.3) is 11.3 Å². The normalized spacial score (nSPS) is 19.4. The van der Waals surface area contributed by atoms with E-state index in [1.807, 2.05) is 4.90 Å². The second-order valence-electron chi connectivity index (χ2n) is 11.3. The van der Waals surface area contributed by atoms with Gasteiger partial charge in [0.15, 0.2) is 5.16 Å². The molecule has 1 aromatic carbocycles. The Hall–Kier alpha value is -3.79. The number of sulfonamides is 1. The molecule has 1 atom stereocenters. The number of carboxylic acid groups (broad SMARTS) is 3. The molecule has 258 valence electrons. The molecule has 1 saturated heterocycles. The summed E-state index contributed by atoms with van der Waals surface area (Å²) in [5.41, 5.74) is 1.87. The number of aliphatic carboxylic acids is 3. The highest BCUT2D eigenvalue weighted by atomic mass is 32.3. The molecule has 0 bridgehead atoms. The molecule has 2 aliphatic rings. The van der Waals surface area contributed by atoms with Gasteiger partial charge in [-0.25, -0.2) is 23.2 Å². The number of amides is 1. The number of primary sulfonamides is 1. The van der Waals surface area contributed by atoms with Crippen LogP contribution >= 0.6 is 11.8 Å².